The molecule has 1 aromatic carbocycles. The first-order valence-electron chi connectivity index (χ1n) is 5.58. The maximum absolute atomic E-state index is 11.6. The van der Waals surface area contributed by atoms with Crippen molar-refractivity contribution in [1.82, 2.24) is 9.97 Å². The molecule has 2 aromatic rings. The summed E-state index contributed by atoms with van der Waals surface area (Å²) in [4.78, 5) is 16.8. The molecule has 0 aliphatic rings. The van der Waals surface area contributed by atoms with Gasteiger partial charge in [0.15, 0.2) is 9.84 Å². The van der Waals surface area contributed by atoms with Gasteiger partial charge in [0, 0.05) is 12.5 Å². The minimum absolute atomic E-state index is 0.146. The summed E-state index contributed by atoms with van der Waals surface area (Å²) in [5, 5.41) is 14.0. The van der Waals surface area contributed by atoms with Crippen molar-refractivity contribution in [2.75, 3.05) is 11.6 Å². The Morgan fingerprint density at radius 2 is 2.20 bits per heavy atom. The number of nitrogens with one attached hydrogen (secondary N) is 2. The molecule has 9 heteroatoms. The van der Waals surface area contributed by atoms with E-state index in [-0.39, 0.29) is 17.1 Å². The third-order valence-corrected chi connectivity index (χ3v) is 3.73. The number of sulfone groups is 1. The lowest BCUT2D eigenvalue weighted by atomic mass is 10.2. The molecule has 2 rings (SSSR count). The number of imidazole rings is 1. The highest BCUT2D eigenvalue weighted by Gasteiger charge is 2.25. The maximum Gasteiger partial charge on any atom is 0.310 e. The van der Waals surface area contributed by atoms with Crippen LogP contribution in [0, 0.1) is 10.1 Å². The van der Waals surface area contributed by atoms with E-state index >= 15 is 0 Å². The smallest absolute Gasteiger partial charge is 0.310 e. The van der Waals surface area contributed by atoms with Crippen molar-refractivity contribution in [3.8, 4) is 0 Å². The van der Waals surface area contributed by atoms with E-state index in [1.807, 2.05) is 0 Å². The Hall–Kier alpha value is -2.42. The molecule has 0 unspecified atom stereocenters. The first-order chi connectivity index (χ1) is 9.39. The second-order valence-electron chi connectivity index (χ2n) is 4.11. The Labute approximate surface area is 114 Å². The fourth-order valence-electron chi connectivity index (χ4n) is 1.72. The van der Waals surface area contributed by atoms with Crippen LogP contribution in [0.3, 0.4) is 0 Å². The molecule has 0 saturated carbocycles. The molecule has 1 heterocycles. The Bertz CT molecular complexity index is 725. The summed E-state index contributed by atoms with van der Waals surface area (Å²) in [6, 6.07) is 4.14. The quantitative estimate of drug-likeness (QED) is 0.634. The molecule has 106 valence electrons. The molecule has 0 radical (unpaired) electrons. The maximum atomic E-state index is 11.6. The Balaban J connectivity index is 2.40. The van der Waals surface area contributed by atoms with Gasteiger partial charge in [-0.05, 0) is 12.1 Å². The van der Waals surface area contributed by atoms with Gasteiger partial charge in [-0.2, -0.15) is 0 Å². The third-order valence-electron chi connectivity index (χ3n) is 2.61. The van der Waals surface area contributed by atoms with E-state index in [1.54, 1.807) is 6.20 Å². The minimum atomic E-state index is -3.67. The van der Waals surface area contributed by atoms with Crippen LogP contribution >= 0.6 is 0 Å². The van der Waals surface area contributed by atoms with Crippen LogP contribution < -0.4 is 5.32 Å². The van der Waals surface area contributed by atoms with Gasteiger partial charge in [-0.25, -0.2) is 13.4 Å². The molecular weight excluding hydrogens is 284 g/mol. The zero-order valence-corrected chi connectivity index (χ0v) is 11.3. The number of nitro benzene ring substituents is 1. The predicted molar refractivity (Wildman–Crippen MR) is 72.1 cm³/mol. The van der Waals surface area contributed by atoms with Crippen LogP contribution in [-0.2, 0) is 16.4 Å². The van der Waals surface area contributed by atoms with Crippen molar-refractivity contribution in [2.45, 2.75) is 11.4 Å². The number of nitro groups is 1. The van der Waals surface area contributed by atoms with Gasteiger partial charge in [0.25, 0.3) is 0 Å². The van der Waals surface area contributed by atoms with Crippen LogP contribution in [-0.4, -0.2) is 29.6 Å². The van der Waals surface area contributed by atoms with E-state index in [0.29, 0.717) is 0 Å². The third kappa shape index (κ3) is 2.94. The first-order valence-corrected chi connectivity index (χ1v) is 7.47. The second kappa shape index (κ2) is 5.29. The molecule has 0 bridgehead atoms. The average molecular weight is 296 g/mol. The summed E-state index contributed by atoms with van der Waals surface area (Å²) in [6.45, 7) is 0.272. The van der Waals surface area contributed by atoms with Crippen molar-refractivity contribution >= 4 is 21.2 Å². The molecule has 0 fully saturated rings. The number of rotatable bonds is 5. The van der Waals surface area contributed by atoms with Gasteiger partial charge in [-0.3, -0.25) is 10.1 Å². The monoisotopic (exact) mass is 296 g/mol. The van der Waals surface area contributed by atoms with Crippen molar-refractivity contribution in [3.05, 3.63) is 46.5 Å². The van der Waals surface area contributed by atoms with E-state index in [9.17, 15) is 18.5 Å². The molecule has 0 amide bonds. The summed E-state index contributed by atoms with van der Waals surface area (Å²) in [5.41, 5.74) is 0.422. The SMILES string of the molecule is CS(=O)(=O)c1cccc(NCc2cnc[nH]2)c1[N+](=O)[O-]. The van der Waals surface area contributed by atoms with Gasteiger partial charge >= 0.3 is 5.69 Å². The van der Waals surface area contributed by atoms with Gasteiger partial charge in [0.05, 0.1) is 23.5 Å². The van der Waals surface area contributed by atoms with Crippen LogP contribution in [0.15, 0.2) is 35.6 Å². The Morgan fingerprint density at radius 1 is 1.45 bits per heavy atom. The minimum Gasteiger partial charge on any atom is -0.374 e. The average Bonchev–Trinajstić information content (AvgIpc) is 2.87. The molecule has 0 aliphatic carbocycles. The summed E-state index contributed by atoms with van der Waals surface area (Å²) in [6.07, 6.45) is 3.99. The predicted octanol–water partition coefficient (Wildman–Crippen LogP) is 1.33. The molecule has 0 saturated heterocycles. The van der Waals surface area contributed by atoms with E-state index < -0.39 is 20.4 Å². The van der Waals surface area contributed by atoms with Gasteiger partial charge in [0.2, 0.25) is 0 Å². The first kappa shape index (κ1) is 14.0. The molecule has 20 heavy (non-hydrogen) atoms. The molecule has 0 atom stereocenters. The zero-order valence-electron chi connectivity index (χ0n) is 10.5. The van der Waals surface area contributed by atoms with Crippen LogP contribution in [0.5, 0.6) is 0 Å². The fraction of sp³-hybridized carbons (Fsp3) is 0.182. The van der Waals surface area contributed by atoms with Crippen LogP contribution in [0.2, 0.25) is 0 Å². The summed E-state index contributed by atoms with van der Waals surface area (Å²) < 4.78 is 23.2. The number of aromatic nitrogens is 2. The number of H-pyrrole nitrogens is 1. The number of hydrogen-bond donors (Lipinski definition) is 2. The number of benzene rings is 1. The Morgan fingerprint density at radius 3 is 2.75 bits per heavy atom. The normalized spacial score (nSPS) is 11.2. The summed E-state index contributed by atoms with van der Waals surface area (Å²) >= 11 is 0. The number of nitrogens with zero attached hydrogens (tertiary/aromatic N) is 2. The molecule has 0 aliphatic heterocycles. The van der Waals surface area contributed by atoms with Crippen molar-refractivity contribution < 1.29 is 13.3 Å². The molecule has 0 spiro atoms. The van der Waals surface area contributed by atoms with Crippen LogP contribution in [0.1, 0.15) is 5.69 Å². The molecule has 1 aromatic heterocycles. The molecule has 2 N–H and O–H groups in total. The highest BCUT2D eigenvalue weighted by Crippen LogP contribution is 2.32. The molecular formula is C11H12N4O4S. The van der Waals surface area contributed by atoms with Gasteiger partial charge in [0.1, 0.15) is 10.6 Å². The van der Waals surface area contributed by atoms with E-state index in [2.05, 4.69) is 15.3 Å². The highest BCUT2D eigenvalue weighted by atomic mass is 32.2. The van der Waals surface area contributed by atoms with Crippen LogP contribution in [0.4, 0.5) is 11.4 Å². The van der Waals surface area contributed by atoms with Crippen molar-refractivity contribution in [1.29, 1.82) is 0 Å². The second-order valence-corrected chi connectivity index (χ2v) is 6.10. The lowest BCUT2D eigenvalue weighted by Gasteiger charge is -2.08. The number of aromatic amines is 1. The highest BCUT2D eigenvalue weighted by molar-refractivity contribution is 7.90. The lowest BCUT2D eigenvalue weighted by Crippen LogP contribution is -2.07. The van der Waals surface area contributed by atoms with Crippen LogP contribution in [0.25, 0.3) is 0 Å². The Kier molecular flexibility index (Phi) is 3.70. The fourth-order valence-corrected chi connectivity index (χ4v) is 2.59. The van der Waals surface area contributed by atoms with Gasteiger partial charge in [-0.15, -0.1) is 0 Å². The molecule has 8 nitrogen and oxygen atoms in total. The zero-order chi connectivity index (χ0) is 14.8. The summed E-state index contributed by atoms with van der Waals surface area (Å²) in [7, 11) is -3.67. The van der Waals surface area contributed by atoms with E-state index in [4.69, 9.17) is 0 Å². The van der Waals surface area contributed by atoms with Crippen molar-refractivity contribution in [3.63, 3.8) is 0 Å². The van der Waals surface area contributed by atoms with E-state index in [0.717, 1.165) is 11.9 Å². The van der Waals surface area contributed by atoms with Crippen molar-refractivity contribution in [2.24, 2.45) is 0 Å². The van der Waals surface area contributed by atoms with E-state index in [1.165, 1.54) is 24.5 Å². The summed E-state index contributed by atoms with van der Waals surface area (Å²) in [5.74, 6) is 0. The topological polar surface area (TPSA) is 118 Å². The van der Waals surface area contributed by atoms with Gasteiger partial charge in [-0.1, -0.05) is 6.07 Å². The number of anilines is 1. The van der Waals surface area contributed by atoms with Gasteiger partial charge < -0.3 is 10.3 Å². The standard InChI is InChI=1S/C11H12N4O4S/c1-20(18,19)10-4-2-3-9(11(10)15(16)17)13-6-8-5-12-7-14-8/h2-5,7,13H,6H2,1H3,(H,12,14). The largest absolute Gasteiger partial charge is 0.374 e. The number of hydrogen-bond acceptors (Lipinski definition) is 6. The number of para-hydroxylation sites is 1. The lowest BCUT2D eigenvalue weighted by molar-refractivity contribution is -0.386.